The zero-order valence-electron chi connectivity index (χ0n) is 11.8. The molecule has 0 fully saturated rings. The molecule has 0 bridgehead atoms. The molecule has 0 saturated carbocycles. The van der Waals surface area contributed by atoms with Crippen molar-refractivity contribution in [3.8, 4) is 5.88 Å². The summed E-state index contributed by atoms with van der Waals surface area (Å²) in [7, 11) is 1.64. The maximum Gasteiger partial charge on any atom is 0.213 e. The number of nitrogens with zero attached hydrogens (tertiary/aromatic N) is 2. The molecular formula is C14H25N3O. The summed E-state index contributed by atoms with van der Waals surface area (Å²) in [6, 6.07) is 5.85. The predicted molar refractivity (Wildman–Crippen MR) is 74.9 cm³/mol. The molecule has 0 aliphatic carbocycles. The van der Waals surface area contributed by atoms with Crippen LogP contribution in [-0.2, 0) is 6.54 Å². The van der Waals surface area contributed by atoms with Crippen LogP contribution in [0.25, 0.3) is 0 Å². The molecule has 0 aliphatic heterocycles. The van der Waals surface area contributed by atoms with Crippen LogP contribution in [0.15, 0.2) is 18.2 Å². The normalized spacial score (nSPS) is 10.9. The van der Waals surface area contributed by atoms with Crippen LogP contribution in [0.1, 0.15) is 26.0 Å². The number of rotatable bonds is 9. The molecule has 0 saturated heterocycles. The monoisotopic (exact) mass is 251 g/mol. The van der Waals surface area contributed by atoms with Gasteiger partial charge in [-0.1, -0.05) is 19.9 Å². The lowest BCUT2D eigenvalue weighted by Gasteiger charge is -2.19. The highest BCUT2D eigenvalue weighted by Crippen LogP contribution is 2.05. The van der Waals surface area contributed by atoms with Gasteiger partial charge in [-0.15, -0.1) is 0 Å². The molecule has 4 heteroatoms. The number of methoxy groups -OCH3 is 1. The first kappa shape index (κ1) is 14.9. The van der Waals surface area contributed by atoms with E-state index in [4.69, 9.17) is 4.74 Å². The molecule has 0 spiro atoms. The zero-order valence-corrected chi connectivity index (χ0v) is 11.8. The summed E-state index contributed by atoms with van der Waals surface area (Å²) in [4.78, 5) is 6.82. The van der Waals surface area contributed by atoms with Crippen LogP contribution < -0.4 is 10.1 Å². The molecule has 18 heavy (non-hydrogen) atoms. The lowest BCUT2D eigenvalue weighted by Crippen LogP contribution is -2.32. The summed E-state index contributed by atoms with van der Waals surface area (Å²) >= 11 is 0. The van der Waals surface area contributed by atoms with E-state index >= 15 is 0 Å². The van der Waals surface area contributed by atoms with E-state index in [1.165, 1.54) is 13.0 Å². The highest BCUT2D eigenvalue weighted by molar-refractivity contribution is 5.15. The first-order chi connectivity index (χ1) is 8.80. The van der Waals surface area contributed by atoms with Crippen molar-refractivity contribution in [2.24, 2.45) is 0 Å². The van der Waals surface area contributed by atoms with Crippen LogP contribution in [0.5, 0.6) is 5.88 Å². The molecule has 1 heterocycles. The van der Waals surface area contributed by atoms with Gasteiger partial charge < -0.3 is 15.0 Å². The number of aromatic nitrogens is 1. The molecule has 1 N–H and O–H groups in total. The molecule has 1 rings (SSSR count). The molecular weight excluding hydrogens is 226 g/mol. The van der Waals surface area contributed by atoms with E-state index in [9.17, 15) is 0 Å². The Morgan fingerprint density at radius 1 is 1.28 bits per heavy atom. The Morgan fingerprint density at radius 3 is 2.78 bits per heavy atom. The van der Waals surface area contributed by atoms with Crippen molar-refractivity contribution in [1.29, 1.82) is 0 Å². The third-order valence-electron chi connectivity index (χ3n) is 2.89. The summed E-state index contributed by atoms with van der Waals surface area (Å²) in [6.07, 6.45) is 1.21. The minimum absolute atomic E-state index is 0.676. The topological polar surface area (TPSA) is 37.4 Å². The molecule has 1 aromatic rings. The fourth-order valence-corrected chi connectivity index (χ4v) is 1.87. The minimum atomic E-state index is 0.676. The second kappa shape index (κ2) is 8.89. The predicted octanol–water partition coefficient (Wildman–Crippen LogP) is 1.91. The highest BCUT2D eigenvalue weighted by Gasteiger charge is 2.01. The largest absolute Gasteiger partial charge is 0.481 e. The number of pyridine rings is 1. The van der Waals surface area contributed by atoms with E-state index in [1.54, 1.807) is 7.11 Å². The quantitative estimate of drug-likeness (QED) is 0.680. The van der Waals surface area contributed by atoms with Gasteiger partial charge in [0.25, 0.3) is 0 Å². The summed E-state index contributed by atoms with van der Waals surface area (Å²) in [6.45, 7) is 9.60. The third-order valence-corrected chi connectivity index (χ3v) is 2.89. The number of likely N-dealkylation sites (N-methyl/N-ethyl adjacent to an activating group) is 1. The Kier molecular flexibility index (Phi) is 7.37. The second-order valence-corrected chi connectivity index (χ2v) is 4.28. The van der Waals surface area contributed by atoms with E-state index in [0.29, 0.717) is 5.88 Å². The van der Waals surface area contributed by atoms with Crippen molar-refractivity contribution in [2.45, 2.75) is 26.8 Å². The third kappa shape index (κ3) is 5.47. The number of hydrogen-bond acceptors (Lipinski definition) is 4. The lowest BCUT2D eigenvalue weighted by molar-refractivity contribution is 0.287. The number of ether oxygens (including phenoxy) is 1. The van der Waals surface area contributed by atoms with Gasteiger partial charge in [-0.25, -0.2) is 4.98 Å². The molecule has 1 aromatic heterocycles. The van der Waals surface area contributed by atoms with Gasteiger partial charge in [0, 0.05) is 25.7 Å². The van der Waals surface area contributed by atoms with Gasteiger partial charge in [-0.2, -0.15) is 0 Å². The summed E-state index contributed by atoms with van der Waals surface area (Å²) in [5.74, 6) is 0.676. The molecule has 0 aliphatic rings. The SMILES string of the molecule is CCCN(CC)CCNCc1cccc(OC)n1. The molecule has 0 amide bonds. The van der Waals surface area contributed by atoms with Gasteiger partial charge in [0.1, 0.15) is 0 Å². The molecule has 0 unspecified atom stereocenters. The standard InChI is InChI=1S/C14H25N3O/c1-4-10-17(5-2)11-9-15-12-13-7-6-8-14(16-13)18-3/h6-8,15H,4-5,9-12H2,1-3H3. The van der Waals surface area contributed by atoms with E-state index in [-0.39, 0.29) is 0 Å². The van der Waals surface area contributed by atoms with Crippen molar-refractivity contribution in [3.05, 3.63) is 23.9 Å². The zero-order chi connectivity index (χ0) is 13.2. The van der Waals surface area contributed by atoms with Crippen LogP contribution >= 0.6 is 0 Å². The fourth-order valence-electron chi connectivity index (χ4n) is 1.87. The summed E-state index contributed by atoms with van der Waals surface area (Å²) in [5, 5.41) is 3.42. The molecule has 0 atom stereocenters. The lowest BCUT2D eigenvalue weighted by atomic mass is 10.3. The van der Waals surface area contributed by atoms with Crippen LogP contribution in [0.3, 0.4) is 0 Å². The van der Waals surface area contributed by atoms with Gasteiger partial charge in [0.2, 0.25) is 5.88 Å². The number of hydrogen-bond donors (Lipinski definition) is 1. The Balaban J connectivity index is 2.24. The Hall–Kier alpha value is -1.13. The smallest absolute Gasteiger partial charge is 0.213 e. The van der Waals surface area contributed by atoms with Crippen LogP contribution in [0.4, 0.5) is 0 Å². The van der Waals surface area contributed by atoms with E-state index < -0.39 is 0 Å². The van der Waals surface area contributed by atoms with Crippen molar-refractivity contribution in [2.75, 3.05) is 33.3 Å². The van der Waals surface area contributed by atoms with Crippen LogP contribution in [0.2, 0.25) is 0 Å². The van der Waals surface area contributed by atoms with Gasteiger partial charge in [-0.05, 0) is 25.6 Å². The Bertz CT molecular complexity index is 331. The van der Waals surface area contributed by atoms with Crippen molar-refractivity contribution < 1.29 is 4.74 Å². The molecule has 0 radical (unpaired) electrons. The first-order valence-corrected chi connectivity index (χ1v) is 6.73. The summed E-state index contributed by atoms with van der Waals surface area (Å²) < 4.78 is 5.10. The van der Waals surface area contributed by atoms with Crippen molar-refractivity contribution >= 4 is 0 Å². The van der Waals surface area contributed by atoms with Crippen LogP contribution in [0, 0.1) is 0 Å². The number of nitrogens with one attached hydrogen (secondary N) is 1. The van der Waals surface area contributed by atoms with Gasteiger partial charge >= 0.3 is 0 Å². The van der Waals surface area contributed by atoms with Crippen molar-refractivity contribution in [1.82, 2.24) is 15.2 Å². The van der Waals surface area contributed by atoms with Gasteiger partial charge in [0.05, 0.1) is 12.8 Å². The Morgan fingerprint density at radius 2 is 2.11 bits per heavy atom. The van der Waals surface area contributed by atoms with Crippen molar-refractivity contribution in [3.63, 3.8) is 0 Å². The first-order valence-electron chi connectivity index (χ1n) is 6.73. The average molecular weight is 251 g/mol. The fraction of sp³-hybridized carbons (Fsp3) is 0.643. The van der Waals surface area contributed by atoms with Crippen LogP contribution in [-0.4, -0.2) is 43.2 Å². The van der Waals surface area contributed by atoms with Gasteiger partial charge in [0.15, 0.2) is 0 Å². The Labute approximate surface area is 110 Å². The van der Waals surface area contributed by atoms with E-state index in [2.05, 4.69) is 29.0 Å². The second-order valence-electron chi connectivity index (χ2n) is 4.28. The van der Waals surface area contributed by atoms with E-state index in [0.717, 1.165) is 31.9 Å². The van der Waals surface area contributed by atoms with E-state index in [1.807, 2.05) is 18.2 Å². The minimum Gasteiger partial charge on any atom is -0.481 e. The summed E-state index contributed by atoms with van der Waals surface area (Å²) in [5.41, 5.74) is 1.02. The highest BCUT2D eigenvalue weighted by atomic mass is 16.5. The molecule has 0 aromatic carbocycles. The maximum absolute atomic E-state index is 5.10. The molecule has 4 nitrogen and oxygen atoms in total. The maximum atomic E-state index is 5.10. The average Bonchev–Trinajstić information content (AvgIpc) is 2.42. The molecule has 102 valence electrons. The van der Waals surface area contributed by atoms with Gasteiger partial charge in [-0.3, -0.25) is 0 Å².